The van der Waals surface area contributed by atoms with Crippen molar-refractivity contribution in [1.82, 2.24) is 20.0 Å². The van der Waals surface area contributed by atoms with Gasteiger partial charge in [0.1, 0.15) is 5.82 Å². The second kappa shape index (κ2) is 8.31. The number of halogens is 3. The van der Waals surface area contributed by atoms with Crippen LogP contribution in [0.2, 0.25) is 0 Å². The van der Waals surface area contributed by atoms with Crippen molar-refractivity contribution in [1.29, 1.82) is 0 Å². The van der Waals surface area contributed by atoms with E-state index in [1.54, 1.807) is 0 Å². The zero-order chi connectivity index (χ0) is 20.5. The summed E-state index contributed by atoms with van der Waals surface area (Å²) in [5.74, 6) is 0.550. The van der Waals surface area contributed by atoms with Crippen LogP contribution >= 0.6 is 0 Å². The molecule has 0 bridgehead atoms. The van der Waals surface area contributed by atoms with Crippen molar-refractivity contribution in [3.8, 4) is 0 Å². The molecule has 1 aromatic heterocycles. The molecule has 2 aliphatic rings. The molecule has 0 unspecified atom stereocenters. The zero-order valence-electron chi connectivity index (χ0n) is 16.7. The van der Waals surface area contributed by atoms with Crippen LogP contribution in [0.4, 0.5) is 19.0 Å². The monoisotopic (exact) mass is 401 g/mol. The molecule has 1 fully saturated rings. The Kier molecular flexibility index (Phi) is 6.21. The van der Waals surface area contributed by atoms with Gasteiger partial charge in [-0.15, -0.1) is 0 Å². The number of carbonyl (C=O) groups excluding carboxylic acids is 1. The van der Waals surface area contributed by atoms with E-state index in [1.165, 1.54) is 6.07 Å². The first kappa shape index (κ1) is 21.0. The van der Waals surface area contributed by atoms with Crippen molar-refractivity contribution in [3.63, 3.8) is 0 Å². The van der Waals surface area contributed by atoms with E-state index in [1.807, 2.05) is 6.92 Å². The summed E-state index contributed by atoms with van der Waals surface area (Å²) in [4.78, 5) is 14.8. The molecule has 1 aromatic rings. The summed E-state index contributed by atoms with van der Waals surface area (Å²) in [5, 5.41) is 9.86. The van der Waals surface area contributed by atoms with E-state index in [0.29, 0.717) is 13.0 Å². The molecule has 158 valence electrons. The summed E-state index contributed by atoms with van der Waals surface area (Å²) >= 11 is 0. The van der Waals surface area contributed by atoms with Gasteiger partial charge in [0.25, 0.3) is 5.91 Å². The summed E-state index contributed by atoms with van der Waals surface area (Å²) in [6.07, 6.45) is -1.61. The topological polar surface area (TPSA) is 62.2 Å². The number of fused-ring (bicyclic) bond motifs is 1. The first-order valence-corrected chi connectivity index (χ1v) is 10.1. The summed E-state index contributed by atoms with van der Waals surface area (Å²) in [7, 11) is 0. The van der Waals surface area contributed by atoms with Crippen LogP contribution in [0.25, 0.3) is 0 Å². The quantitative estimate of drug-likeness (QED) is 0.794. The van der Waals surface area contributed by atoms with Crippen LogP contribution in [0.3, 0.4) is 0 Å². The van der Waals surface area contributed by atoms with Gasteiger partial charge in [-0.1, -0.05) is 13.8 Å². The van der Waals surface area contributed by atoms with E-state index < -0.39 is 18.1 Å². The van der Waals surface area contributed by atoms with Crippen LogP contribution in [-0.2, 0) is 0 Å². The molecule has 0 radical (unpaired) electrons. The molecule has 3 rings (SSSR count). The van der Waals surface area contributed by atoms with Gasteiger partial charge in [-0.3, -0.25) is 9.69 Å². The highest BCUT2D eigenvalue weighted by Crippen LogP contribution is 2.39. The number of aromatic nitrogens is 2. The van der Waals surface area contributed by atoms with E-state index >= 15 is 0 Å². The number of anilines is 1. The first-order chi connectivity index (χ1) is 13.2. The Hall–Kier alpha value is -1.77. The van der Waals surface area contributed by atoms with E-state index in [-0.39, 0.29) is 30.0 Å². The molecule has 0 saturated carbocycles. The molecule has 0 spiro atoms. The molecule has 28 heavy (non-hydrogen) atoms. The van der Waals surface area contributed by atoms with Crippen LogP contribution in [-0.4, -0.2) is 58.5 Å². The summed E-state index contributed by atoms with van der Waals surface area (Å²) < 4.78 is 41.2. The van der Waals surface area contributed by atoms with Gasteiger partial charge in [0.05, 0.1) is 0 Å². The molecule has 3 heterocycles. The van der Waals surface area contributed by atoms with Crippen molar-refractivity contribution >= 4 is 11.7 Å². The predicted molar refractivity (Wildman–Crippen MR) is 101 cm³/mol. The lowest BCUT2D eigenvalue weighted by Gasteiger charge is -2.34. The number of hydrogen-bond acceptors (Lipinski definition) is 4. The SMILES string of the molecule is CC[C@@H]1C[C@H](C(F)(F)F)n2nc(C(=O)NC[C@H](C)N3CCC(C)CC3)cc2N1. The van der Waals surface area contributed by atoms with Gasteiger partial charge in [0.15, 0.2) is 11.7 Å². The van der Waals surface area contributed by atoms with E-state index in [0.717, 1.165) is 36.5 Å². The first-order valence-electron chi connectivity index (χ1n) is 10.1. The van der Waals surface area contributed by atoms with E-state index in [2.05, 4.69) is 34.5 Å². The van der Waals surface area contributed by atoms with Crippen molar-refractivity contribution in [2.75, 3.05) is 25.0 Å². The van der Waals surface area contributed by atoms with Gasteiger partial charge in [-0.25, -0.2) is 4.68 Å². The average Bonchev–Trinajstić information content (AvgIpc) is 3.08. The van der Waals surface area contributed by atoms with E-state index in [9.17, 15) is 18.0 Å². The molecule has 2 N–H and O–H groups in total. The number of nitrogens with zero attached hydrogens (tertiary/aromatic N) is 3. The molecular formula is C19H30F3N5O. The van der Waals surface area contributed by atoms with Gasteiger partial charge >= 0.3 is 6.18 Å². The molecule has 6 nitrogen and oxygen atoms in total. The largest absolute Gasteiger partial charge is 0.410 e. The Balaban J connectivity index is 1.64. The maximum atomic E-state index is 13.4. The normalized spacial score (nSPS) is 25.1. The number of piperidine rings is 1. The lowest BCUT2D eigenvalue weighted by atomic mass is 9.98. The summed E-state index contributed by atoms with van der Waals surface area (Å²) in [6, 6.07) is -0.389. The molecular weight excluding hydrogens is 371 g/mol. The van der Waals surface area contributed by atoms with E-state index in [4.69, 9.17) is 0 Å². The van der Waals surface area contributed by atoms with Crippen LogP contribution in [0.1, 0.15) is 63.0 Å². The molecule has 0 aromatic carbocycles. The molecule has 9 heteroatoms. The fourth-order valence-corrected chi connectivity index (χ4v) is 3.96. The van der Waals surface area contributed by atoms with Crippen LogP contribution in [0, 0.1) is 5.92 Å². The van der Waals surface area contributed by atoms with Gasteiger partial charge in [0.2, 0.25) is 0 Å². The van der Waals surface area contributed by atoms with Crippen LogP contribution in [0.15, 0.2) is 6.07 Å². The number of carbonyl (C=O) groups is 1. The number of likely N-dealkylation sites (tertiary alicyclic amines) is 1. The number of nitrogens with one attached hydrogen (secondary N) is 2. The number of hydrogen-bond donors (Lipinski definition) is 2. The van der Waals surface area contributed by atoms with Gasteiger partial charge in [0, 0.05) is 24.7 Å². The number of alkyl halides is 3. The molecule has 3 atom stereocenters. The van der Waals surface area contributed by atoms with Crippen molar-refractivity contribution in [3.05, 3.63) is 11.8 Å². The highest BCUT2D eigenvalue weighted by atomic mass is 19.4. The summed E-state index contributed by atoms with van der Waals surface area (Å²) in [6.45, 7) is 8.60. The smallest absolute Gasteiger partial charge is 0.367 e. The fraction of sp³-hybridized carbons (Fsp3) is 0.789. The maximum Gasteiger partial charge on any atom is 0.410 e. The molecule has 1 amide bonds. The van der Waals surface area contributed by atoms with Crippen LogP contribution in [0.5, 0.6) is 0 Å². The Morgan fingerprint density at radius 2 is 2.07 bits per heavy atom. The Bertz CT molecular complexity index is 682. The van der Waals surface area contributed by atoms with Gasteiger partial charge in [-0.05, 0) is 51.6 Å². The van der Waals surface area contributed by atoms with Crippen molar-refractivity contribution < 1.29 is 18.0 Å². The lowest BCUT2D eigenvalue weighted by molar-refractivity contribution is -0.173. The lowest BCUT2D eigenvalue weighted by Crippen LogP contribution is -2.45. The minimum Gasteiger partial charge on any atom is -0.367 e. The second-order valence-corrected chi connectivity index (χ2v) is 8.18. The minimum absolute atomic E-state index is 0.0213. The molecule has 1 saturated heterocycles. The third kappa shape index (κ3) is 4.61. The Labute approximate surface area is 163 Å². The van der Waals surface area contributed by atoms with Crippen molar-refractivity contribution in [2.45, 2.75) is 70.8 Å². The van der Waals surface area contributed by atoms with Crippen molar-refractivity contribution in [2.24, 2.45) is 5.92 Å². The third-order valence-corrected chi connectivity index (χ3v) is 5.99. The Morgan fingerprint density at radius 3 is 2.68 bits per heavy atom. The maximum absolute atomic E-state index is 13.4. The zero-order valence-corrected chi connectivity index (χ0v) is 16.7. The number of amides is 1. The highest BCUT2D eigenvalue weighted by molar-refractivity contribution is 5.93. The standard InChI is InChI=1S/C19H30F3N5O/c1-4-14-9-16(19(20,21)22)27-17(24-14)10-15(25-27)18(28)23-11-13(3)26-7-5-12(2)6-8-26/h10,12-14,16,24H,4-9,11H2,1-3H3,(H,23,28)/t13-,14+,16+/m0/s1. The molecule has 2 aliphatic heterocycles. The van der Waals surface area contributed by atoms with Gasteiger partial charge < -0.3 is 10.6 Å². The van der Waals surface area contributed by atoms with Gasteiger partial charge in [-0.2, -0.15) is 18.3 Å². The number of rotatable bonds is 5. The average molecular weight is 401 g/mol. The predicted octanol–water partition coefficient (Wildman–Crippen LogP) is 3.43. The second-order valence-electron chi connectivity index (χ2n) is 8.18. The molecule has 0 aliphatic carbocycles. The minimum atomic E-state index is -4.40. The highest BCUT2D eigenvalue weighted by Gasteiger charge is 2.46. The Morgan fingerprint density at radius 1 is 1.39 bits per heavy atom. The fourth-order valence-electron chi connectivity index (χ4n) is 3.96. The third-order valence-electron chi connectivity index (χ3n) is 5.99. The van der Waals surface area contributed by atoms with Crippen LogP contribution < -0.4 is 10.6 Å². The summed E-state index contributed by atoms with van der Waals surface area (Å²) in [5.41, 5.74) is 0.0213.